The second kappa shape index (κ2) is 3.12. The van der Waals surface area contributed by atoms with Crippen LogP contribution in [0, 0.1) is 4.78 Å². The summed E-state index contributed by atoms with van der Waals surface area (Å²) in [5, 5.41) is 0. The molecule has 0 heterocycles. The molecule has 0 aromatic heterocycles. The summed E-state index contributed by atoms with van der Waals surface area (Å²) in [6, 6.07) is 6.42. The maximum absolute atomic E-state index is 11.4. The van der Waals surface area contributed by atoms with Crippen molar-refractivity contribution in [3.8, 4) is 0 Å². The zero-order chi connectivity index (χ0) is 9.19. The van der Waals surface area contributed by atoms with Crippen LogP contribution in [0.5, 0.6) is 0 Å². The predicted molar refractivity (Wildman–Crippen MR) is 49.0 cm³/mol. The monoisotopic (exact) mass is 185 g/mol. The number of nitrogens with two attached hydrogens (primary N) is 1. The Hall–Kier alpha value is -1.07. The Balaban J connectivity index is 3.14. The zero-order valence-corrected chi connectivity index (χ0v) is 7.52. The van der Waals surface area contributed by atoms with Gasteiger partial charge in [0.25, 0.3) is 0 Å². The van der Waals surface area contributed by atoms with E-state index in [0.29, 0.717) is 10.6 Å². The molecule has 66 valence electrons. The Morgan fingerprint density at radius 1 is 1.42 bits per heavy atom. The van der Waals surface area contributed by atoms with E-state index in [4.69, 9.17) is 10.5 Å². The van der Waals surface area contributed by atoms with Crippen LogP contribution in [0.25, 0.3) is 0 Å². The Bertz CT molecular complexity index is 355. The van der Waals surface area contributed by atoms with Gasteiger partial charge in [-0.05, 0) is 31.3 Å². The molecule has 0 aliphatic carbocycles. The highest BCUT2D eigenvalue weighted by Crippen LogP contribution is 2.10. The average Bonchev–Trinajstić information content (AvgIpc) is 2.05. The number of hydrogen-bond donors (Lipinski definition) is 3. The van der Waals surface area contributed by atoms with Crippen molar-refractivity contribution in [2.45, 2.75) is 4.90 Å². The van der Waals surface area contributed by atoms with E-state index in [9.17, 15) is 4.21 Å². The molecule has 0 aliphatic rings. The molecule has 0 bridgehead atoms. The summed E-state index contributed by atoms with van der Waals surface area (Å²) in [7, 11) is -1.33. The van der Waals surface area contributed by atoms with Gasteiger partial charge in [0, 0.05) is 5.69 Å². The highest BCUT2D eigenvalue weighted by Gasteiger charge is 2.04. The van der Waals surface area contributed by atoms with Gasteiger partial charge in [-0.25, -0.2) is 13.7 Å². The summed E-state index contributed by atoms with van der Waals surface area (Å²) >= 11 is 0. The van der Waals surface area contributed by atoms with E-state index in [0.717, 1.165) is 0 Å². The predicted octanol–water partition coefficient (Wildman–Crippen LogP) is 0.809. The first kappa shape index (κ1) is 9.02. The molecule has 5 heteroatoms. The van der Waals surface area contributed by atoms with Crippen molar-refractivity contribution in [3.63, 3.8) is 0 Å². The van der Waals surface area contributed by atoms with Crippen LogP contribution in [-0.4, -0.2) is 11.3 Å². The number of nitrogens with one attached hydrogen (secondary N) is 2. The molecule has 0 aliphatic heterocycles. The Morgan fingerprint density at radius 2 is 1.92 bits per heavy atom. The van der Waals surface area contributed by atoms with Gasteiger partial charge in [0.1, 0.15) is 9.92 Å². The first-order chi connectivity index (χ1) is 5.56. The molecule has 0 fully saturated rings. The molecule has 1 aromatic rings. The molecular formula is C7H11N3OS. The second-order valence-electron chi connectivity index (χ2n) is 2.33. The molecule has 0 saturated carbocycles. The zero-order valence-electron chi connectivity index (χ0n) is 6.70. The summed E-state index contributed by atoms with van der Waals surface area (Å²) in [5.74, 6) is 0. The van der Waals surface area contributed by atoms with Crippen LogP contribution in [0.3, 0.4) is 0 Å². The molecule has 0 spiro atoms. The van der Waals surface area contributed by atoms with Gasteiger partial charge in [0.2, 0.25) is 0 Å². The van der Waals surface area contributed by atoms with E-state index < -0.39 is 9.92 Å². The van der Waals surface area contributed by atoms with Crippen molar-refractivity contribution < 1.29 is 4.21 Å². The second-order valence-corrected chi connectivity index (χ2v) is 4.32. The normalized spacial score (nSPS) is 15.4. The smallest absolute Gasteiger partial charge is 0.134 e. The van der Waals surface area contributed by atoms with E-state index in [1.165, 1.54) is 7.05 Å². The summed E-state index contributed by atoms with van der Waals surface area (Å²) in [5.41, 5.74) is 6.04. The molecule has 0 radical (unpaired) electrons. The molecule has 4 nitrogen and oxygen atoms in total. The highest BCUT2D eigenvalue weighted by molar-refractivity contribution is 7.90. The van der Waals surface area contributed by atoms with Crippen molar-refractivity contribution in [2.24, 2.45) is 0 Å². The third kappa shape index (κ3) is 1.75. The number of nitrogen functional groups attached to an aromatic ring is 1. The summed E-state index contributed by atoms with van der Waals surface area (Å²) in [4.78, 5) is 0.444. The van der Waals surface area contributed by atoms with Crippen LogP contribution < -0.4 is 10.5 Å². The van der Waals surface area contributed by atoms with Gasteiger partial charge in [0.05, 0.1) is 4.90 Å². The van der Waals surface area contributed by atoms with Crippen LogP contribution >= 0.6 is 0 Å². The fourth-order valence-electron chi connectivity index (χ4n) is 0.777. The molecule has 0 amide bonds. The van der Waals surface area contributed by atoms with E-state index in [-0.39, 0.29) is 0 Å². The molecule has 1 aromatic carbocycles. The molecule has 1 atom stereocenters. The topological polar surface area (TPSA) is 79.0 Å². The molecular weight excluding hydrogens is 174 g/mol. The highest BCUT2D eigenvalue weighted by atomic mass is 32.2. The SMILES string of the molecule is CNS(=N)(=O)c1ccc(N)cc1. The van der Waals surface area contributed by atoms with Crippen molar-refractivity contribution in [2.75, 3.05) is 12.8 Å². The van der Waals surface area contributed by atoms with Crippen molar-refractivity contribution in [3.05, 3.63) is 24.3 Å². The number of anilines is 1. The van der Waals surface area contributed by atoms with Gasteiger partial charge in [-0.2, -0.15) is 0 Å². The fraction of sp³-hybridized carbons (Fsp3) is 0.143. The number of benzene rings is 1. The van der Waals surface area contributed by atoms with Crippen LogP contribution in [0.2, 0.25) is 0 Å². The third-order valence-corrected chi connectivity index (χ3v) is 3.01. The lowest BCUT2D eigenvalue weighted by Crippen LogP contribution is -2.16. The Kier molecular flexibility index (Phi) is 2.35. The third-order valence-electron chi connectivity index (χ3n) is 1.50. The van der Waals surface area contributed by atoms with Crippen LogP contribution in [0.15, 0.2) is 29.2 Å². The first-order valence-corrected chi connectivity index (χ1v) is 4.95. The van der Waals surface area contributed by atoms with E-state index in [1.54, 1.807) is 24.3 Å². The molecule has 1 unspecified atom stereocenters. The standard InChI is InChI=1S/C7H11N3OS/c1-10-12(9,11)7-4-2-6(8)3-5-7/h2-5H,8H2,1H3,(H2,9,10,11). The van der Waals surface area contributed by atoms with Gasteiger partial charge in [0.15, 0.2) is 0 Å². The molecule has 12 heavy (non-hydrogen) atoms. The van der Waals surface area contributed by atoms with Gasteiger partial charge < -0.3 is 5.73 Å². The van der Waals surface area contributed by atoms with E-state index >= 15 is 0 Å². The average molecular weight is 185 g/mol. The van der Waals surface area contributed by atoms with E-state index in [2.05, 4.69) is 4.72 Å². The maximum atomic E-state index is 11.4. The quantitative estimate of drug-likeness (QED) is 0.596. The lowest BCUT2D eigenvalue weighted by atomic mass is 10.3. The lowest BCUT2D eigenvalue weighted by molar-refractivity contribution is 0.669. The Labute approximate surface area is 71.9 Å². The lowest BCUT2D eigenvalue weighted by Gasteiger charge is -2.04. The largest absolute Gasteiger partial charge is 0.399 e. The van der Waals surface area contributed by atoms with Crippen molar-refractivity contribution in [1.82, 2.24) is 4.72 Å². The summed E-state index contributed by atoms with van der Waals surface area (Å²) in [6.07, 6.45) is 0. The minimum absolute atomic E-state index is 0.444. The number of rotatable bonds is 2. The minimum Gasteiger partial charge on any atom is -0.399 e. The number of hydrogen-bond acceptors (Lipinski definition) is 3. The van der Waals surface area contributed by atoms with Gasteiger partial charge in [-0.1, -0.05) is 0 Å². The minimum atomic E-state index is -2.82. The van der Waals surface area contributed by atoms with Crippen LogP contribution in [-0.2, 0) is 9.92 Å². The fourth-order valence-corrected chi connectivity index (χ4v) is 1.53. The van der Waals surface area contributed by atoms with Crippen molar-refractivity contribution in [1.29, 1.82) is 4.78 Å². The van der Waals surface area contributed by atoms with Gasteiger partial charge >= 0.3 is 0 Å². The van der Waals surface area contributed by atoms with E-state index in [1.807, 2.05) is 0 Å². The van der Waals surface area contributed by atoms with Crippen molar-refractivity contribution >= 4 is 15.6 Å². The van der Waals surface area contributed by atoms with Crippen LogP contribution in [0.4, 0.5) is 5.69 Å². The molecule has 1 rings (SSSR count). The summed E-state index contributed by atoms with van der Waals surface area (Å²) in [6.45, 7) is 0. The Morgan fingerprint density at radius 3 is 2.33 bits per heavy atom. The van der Waals surface area contributed by atoms with Crippen LogP contribution in [0.1, 0.15) is 0 Å². The summed E-state index contributed by atoms with van der Waals surface area (Å²) < 4.78 is 21.2. The maximum Gasteiger partial charge on any atom is 0.134 e. The molecule has 0 saturated heterocycles. The van der Waals surface area contributed by atoms with Gasteiger partial charge in [-0.3, -0.25) is 0 Å². The first-order valence-electron chi connectivity index (χ1n) is 3.39. The molecule has 4 N–H and O–H groups in total. The van der Waals surface area contributed by atoms with Gasteiger partial charge in [-0.15, -0.1) is 0 Å².